The summed E-state index contributed by atoms with van der Waals surface area (Å²) in [6, 6.07) is 7.45. The van der Waals surface area contributed by atoms with Crippen molar-refractivity contribution in [3.63, 3.8) is 0 Å². The molecule has 0 radical (unpaired) electrons. The zero-order valence-electron chi connectivity index (χ0n) is 11.7. The van der Waals surface area contributed by atoms with Crippen molar-refractivity contribution in [1.29, 1.82) is 0 Å². The summed E-state index contributed by atoms with van der Waals surface area (Å²) in [6.45, 7) is 4.14. The monoisotopic (exact) mass is 273 g/mol. The third-order valence-electron chi connectivity index (χ3n) is 3.13. The Morgan fingerprint density at radius 1 is 1.50 bits per heavy atom. The summed E-state index contributed by atoms with van der Waals surface area (Å²) in [7, 11) is 0. The van der Waals surface area contributed by atoms with E-state index in [0.29, 0.717) is 12.4 Å². The van der Waals surface area contributed by atoms with Gasteiger partial charge < -0.3 is 11.1 Å². The number of nitrogens with zero attached hydrogens (tertiary/aromatic N) is 2. The van der Waals surface area contributed by atoms with Gasteiger partial charge in [0.1, 0.15) is 5.82 Å². The fourth-order valence-electron chi connectivity index (χ4n) is 1.91. The number of H-pyrrole nitrogens is 1. The van der Waals surface area contributed by atoms with Gasteiger partial charge >= 0.3 is 0 Å². The molecule has 0 spiro atoms. The highest BCUT2D eigenvalue weighted by Gasteiger charge is 2.14. The number of carbonyl (C=O) groups is 1. The van der Waals surface area contributed by atoms with E-state index in [4.69, 9.17) is 5.73 Å². The van der Waals surface area contributed by atoms with Crippen LogP contribution in [0.3, 0.4) is 0 Å². The van der Waals surface area contributed by atoms with Gasteiger partial charge in [0.05, 0.1) is 5.92 Å². The summed E-state index contributed by atoms with van der Waals surface area (Å²) in [5.74, 6) is 1.15. The Bertz CT molecular complexity index is 589. The van der Waals surface area contributed by atoms with E-state index in [-0.39, 0.29) is 11.8 Å². The maximum Gasteiger partial charge on any atom is 0.228 e. The van der Waals surface area contributed by atoms with Gasteiger partial charge in [-0.15, -0.1) is 0 Å². The molecule has 2 rings (SSSR count). The molecule has 2 aromatic rings. The van der Waals surface area contributed by atoms with Gasteiger partial charge in [-0.1, -0.05) is 19.1 Å². The molecule has 1 heterocycles. The smallest absolute Gasteiger partial charge is 0.228 e. The number of hydrogen-bond donors (Lipinski definition) is 3. The molecule has 1 aromatic heterocycles. The van der Waals surface area contributed by atoms with E-state index in [1.165, 1.54) is 0 Å². The number of anilines is 1. The standard InChI is InChI=1S/C14H19N5O/c1-3-10(8-15)14(20)17-12-6-4-5-11(7-12)13-16-9(2)18-19-13/h4-7,10H,3,8,15H2,1-2H3,(H,17,20)(H,16,18,19). The summed E-state index contributed by atoms with van der Waals surface area (Å²) in [6.07, 6.45) is 0.724. The Hall–Kier alpha value is -2.21. The quantitative estimate of drug-likeness (QED) is 0.772. The molecule has 20 heavy (non-hydrogen) atoms. The third kappa shape index (κ3) is 3.21. The van der Waals surface area contributed by atoms with Gasteiger partial charge in [-0.3, -0.25) is 9.89 Å². The molecule has 6 nitrogen and oxygen atoms in total. The van der Waals surface area contributed by atoms with Crippen molar-refractivity contribution in [3.8, 4) is 11.4 Å². The largest absolute Gasteiger partial charge is 0.330 e. The number of aromatic nitrogens is 3. The van der Waals surface area contributed by atoms with Crippen molar-refractivity contribution in [2.75, 3.05) is 11.9 Å². The SMILES string of the molecule is CCC(CN)C(=O)Nc1cccc(-c2n[nH]c(C)n2)c1. The van der Waals surface area contributed by atoms with E-state index >= 15 is 0 Å². The van der Waals surface area contributed by atoms with Gasteiger partial charge in [-0.25, -0.2) is 4.98 Å². The normalized spacial score (nSPS) is 12.2. The minimum Gasteiger partial charge on any atom is -0.330 e. The summed E-state index contributed by atoms with van der Waals surface area (Å²) in [5, 5.41) is 9.78. The molecule has 1 atom stereocenters. The van der Waals surface area contributed by atoms with Crippen LogP contribution in [-0.4, -0.2) is 27.6 Å². The fourth-order valence-corrected chi connectivity index (χ4v) is 1.91. The Morgan fingerprint density at radius 2 is 2.30 bits per heavy atom. The lowest BCUT2D eigenvalue weighted by Gasteiger charge is -2.12. The number of aromatic amines is 1. The van der Waals surface area contributed by atoms with Crippen molar-refractivity contribution in [2.24, 2.45) is 11.7 Å². The number of rotatable bonds is 5. The van der Waals surface area contributed by atoms with E-state index in [1.54, 1.807) is 0 Å². The van der Waals surface area contributed by atoms with E-state index in [1.807, 2.05) is 38.1 Å². The van der Waals surface area contributed by atoms with Gasteiger partial charge in [0.25, 0.3) is 0 Å². The van der Waals surface area contributed by atoms with Crippen molar-refractivity contribution in [1.82, 2.24) is 15.2 Å². The second-order valence-electron chi connectivity index (χ2n) is 4.66. The molecule has 0 fully saturated rings. The Balaban J connectivity index is 2.16. The van der Waals surface area contributed by atoms with Crippen LogP contribution in [0.25, 0.3) is 11.4 Å². The number of benzene rings is 1. The molecule has 0 saturated heterocycles. The molecule has 1 unspecified atom stereocenters. The predicted molar refractivity (Wildman–Crippen MR) is 78.0 cm³/mol. The van der Waals surface area contributed by atoms with Crippen LogP contribution in [0.4, 0.5) is 5.69 Å². The van der Waals surface area contributed by atoms with Gasteiger partial charge in [-0.2, -0.15) is 5.10 Å². The molecular formula is C14H19N5O. The van der Waals surface area contributed by atoms with Crippen LogP contribution in [0.15, 0.2) is 24.3 Å². The summed E-state index contributed by atoms with van der Waals surface area (Å²) >= 11 is 0. The van der Waals surface area contributed by atoms with Gasteiger partial charge in [0, 0.05) is 17.8 Å². The third-order valence-corrected chi connectivity index (χ3v) is 3.13. The molecule has 6 heteroatoms. The number of nitrogens with one attached hydrogen (secondary N) is 2. The molecule has 0 bridgehead atoms. The minimum atomic E-state index is -0.163. The van der Waals surface area contributed by atoms with Gasteiger partial charge in [0.15, 0.2) is 5.82 Å². The molecule has 1 aromatic carbocycles. The molecule has 0 aliphatic rings. The zero-order valence-corrected chi connectivity index (χ0v) is 11.7. The maximum atomic E-state index is 12.0. The Labute approximate surface area is 117 Å². The predicted octanol–water partition coefficient (Wildman–Crippen LogP) is 1.70. The molecule has 1 amide bonds. The van der Waals surface area contributed by atoms with E-state index in [9.17, 15) is 4.79 Å². The van der Waals surface area contributed by atoms with E-state index in [2.05, 4.69) is 20.5 Å². The van der Waals surface area contributed by atoms with Crippen LogP contribution >= 0.6 is 0 Å². The number of aryl methyl sites for hydroxylation is 1. The molecule has 0 saturated carbocycles. The molecule has 0 aliphatic heterocycles. The van der Waals surface area contributed by atoms with Crippen molar-refractivity contribution < 1.29 is 4.79 Å². The second-order valence-corrected chi connectivity index (χ2v) is 4.66. The first-order valence-corrected chi connectivity index (χ1v) is 6.64. The highest BCUT2D eigenvalue weighted by molar-refractivity contribution is 5.93. The maximum absolute atomic E-state index is 12.0. The topological polar surface area (TPSA) is 96.7 Å². The zero-order chi connectivity index (χ0) is 14.5. The number of nitrogens with two attached hydrogens (primary N) is 1. The van der Waals surface area contributed by atoms with Crippen LogP contribution < -0.4 is 11.1 Å². The molecule has 4 N–H and O–H groups in total. The van der Waals surface area contributed by atoms with E-state index in [0.717, 1.165) is 23.5 Å². The molecular weight excluding hydrogens is 254 g/mol. The molecule has 106 valence electrons. The average molecular weight is 273 g/mol. The van der Waals surface area contributed by atoms with Crippen LogP contribution in [0.5, 0.6) is 0 Å². The first kappa shape index (κ1) is 14.2. The van der Waals surface area contributed by atoms with Crippen molar-refractivity contribution in [2.45, 2.75) is 20.3 Å². The first-order chi connectivity index (χ1) is 9.63. The molecule has 0 aliphatic carbocycles. The van der Waals surface area contributed by atoms with Crippen molar-refractivity contribution in [3.05, 3.63) is 30.1 Å². The number of amides is 1. The summed E-state index contributed by atoms with van der Waals surface area (Å²) in [4.78, 5) is 16.3. The van der Waals surface area contributed by atoms with Crippen LogP contribution in [0, 0.1) is 12.8 Å². The highest BCUT2D eigenvalue weighted by atomic mass is 16.1. The number of carbonyl (C=O) groups excluding carboxylic acids is 1. The number of hydrogen-bond acceptors (Lipinski definition) is 4. The van der Waals surface area contributed by atoms with Crippen molar-refractivity contribution >= 4 is 11.6 Å². The lowest BCUT2D eigenvalue weighted by atomic mass is 10.1. The lowest BCUT2D eigenvalue weighted by molar-refractivity contribution is -0.119. The summed E-state index contributed by atoms with van der Waals surface area (Å²) < 4.78 is 0. The Morgan fingerprint density at radius 3 is 2.90 bits per heavy atom. The van der Waals surface area contributed by atoms with E-state index < -0.39 is 0 Å². The van der Waals surface area contributed by atoms with Crippen LogP contribution in [-0.2, 0) is 4.79 Å². The van der Waals surface area contributed by atoms with Crippen LogP contribution in [0.1, 0.15) is 19.2 Å². The minimum absolute atomic E-state index is 0.0571. The summed E-state index contributed by atoms with van der Waals surface area (Å²) in [5.41, 5.74) is 7.16. The van der Waals surface area contributed by atoms with Crippen LogP contribution in [0.2, 0.25) is 0 Å². The van der Waals surface area contributed by atoms with Gasteiger partial charge in [0.2, 0.25) is 5.91 Å². The average Bonchev–Trinajstić information content (AvgIpc) is 2.87. The Kier molecular flexibility index (Phi) is 4.47. The first-order valence-electron chi connectivity index (χ1n) is 6.64. The second kappa shape index (κ2) is 6.29. The lowest BCUT2D eigenvalue weighted by Crippen LogP contribution is -2.28. The van der Waals surface area contributed by atoms with Gasteiger partial charge in [-0.05, 0) is 25.5 Å². The fraction of sp³-hybridized carbons (Fsp3) is 0.357. The highest BCUT2D eigenvalue weighted by Crippen LogP contribution is 2.19.